The molecule has 2 rings (SSSR count). The SMILES string of the molecule is CSCCC(N)c1nc2cc(S(C)(=O)=O)ccc2n1C. The lowest BCUT2D eigenvalue weighted by Crippen LogP contribution is -2.16. The summed E-state index contributed by atoms with van der Waals surface area (Å²) in [6.07, 6.45) is 4.08. The van der Waals surface area contributed by atoms with Gasteiger partial charge in [0.2, 0.25) is 0 Å². The van der Waals surface area contributed by atoms with E-state index in [-0.39, 0.29) is 10.9 Å². The van der Waals surface area contributed by atoms with E-state index in [1.54, 1.807) is 30.0 Å². The van der Waals surface area contributed by atoms with Gasteiger partial charge in [-0.3, -0.25) is 0 Å². The van der Waals surface area contributed by atoms with Crippen LogP contribution in [0.15, 0.2) is 23.1 Å². The number of nitrogens with two attached hydrogens (primary N) is 1. The van der Waals surface area contributed by atoms with Crippen molar-refractivity contribution in [1.82, 2.24) is 9.55 Å². The predicted molar refractivity (Wildman–Crippen MR) is 83.8 cm³/mol. The molecule has 0 saturated carbocycles. The number of nitrogens with zero attached hydrogens (tertiary/aromatic N) is 2. The van der Waals surface area contributed by atoms with Gasteiger partial charge in [0.05, 0.1) is 22.0 Å². The van der Waals surface area contributed by atoms with Gasteiger partial charge < -0.3 is 10.3 Å². The van der Waals surface area contributed by atoms with Crippen LogP contribution in [0.3, 0.4) is 0 Å². The standard InChI is InChI=1S/C13H19N3O2S2/c1-16-12-5-4-9(20(3,17)18)8-11(12)15-13(16)10(14)6-7-19-2/h4-5,8,10H,6-7,14H2,1-3H3. The molecule has 1 heterocycles. The molecule has 5 nitrogen and oxygen atoms in total. The maximum atomic E-state index is 11.6. The summed E-state index contributed by atoms with van der Waals surface area (Å²) in [6, 6.07) is 4.86. The molecule has 2 aromatic rings. The predicted octanol–water partition coefficient (Wildman–Crippen LogP) is 1.73. The molecule has 110 valence electrons. The molecule has 0 aliphatic carbocycles. The molecular weight excluding hydrogens is 294 g/mol. The Kier molecular flexibility index (Phi) is 4.41. The fraction of sp³-hybridized carbons (Fsp3) is 0.462. The monoisotopic (exact) mass is 313 g/mol. The van der Waals surface area contributed by atoms with Crippen LogP contribution in [0.25, 0.3) is 11.0 Å². The summed E-state index contributed by atoms with van der Waals surface area (Å²) in [5.74, 6) is 1.76. The third-order valence-electron chi connectivity index (χ3n) is 3.28. The van der Waals surface area contributed by atoms with Gasteiger partial charge in [-0.2, -0.15) is 11.8 Å². The summed E-state index contributed by atoms with van der Waals surface area (Å²) in [5.41, 5.74) is 7.72. The Hall–Kier alpha value is -1.05. The first kappa shape index (κ1) is 15.3. The number of fused-ring (bicyclic) bond motifs is 1. The van der Waals surface area contributed by atoms with Gasteiger partial charge in [0.25, 0.3) is 0 Å². The van der Waals surface area contributed by atoms with Crippen LogP contribution in [0.5, 0.6) is 0 Å². The lowest BCUT2D eigenvalue weighted by Gasteiger charge is -2.10. The zero-order chi connectivity index (χ0) is 14.9. The molecule has 0 saturated heterocycles. The lowest BCUT2D eigenvalue weighted by molar-refractivity contribution is 0.602. The van der Waals surface area contributed by atoms with Crippen LogP contribution >= 0.6 is 11.8 Å². The molecule has 0 aliphatic rings. The molecule has 1 unspecified atom stereocenters. The average molecular weight is 313 g/mol. The summed E-state index contributed by atoms with van der Waals surface area (Å²) in [7, 11) is -1.31. The maximum absolute atomic E-state index is 11.6. The van der Waals surface area contributed by atoms with Crippen molar-refractivity contribution >= 4 is 32.6 Å². The first-order valence-corrected chi connectivity index (χ1v) is 9.54. The number of thioether (sulfide) groups is 1. The lowest BCUT2D eigenvalue weighted by atomic mass is 10.2. The van der Waals surface area contributed by atoms with Gasteiger partial charge in [-0.25, -0.2) is 13.4 Å². The van der Waals surface area contributed by atoms with Gasteiger partial charge in [-0.05, 0) is 36.6 Å². The third-order valence-corrected chi connectivity index (χ3v) is 5.03. The second kappa shape index (κ2) is 5.75. The molecule has 0 fully saturated rings. The van der Waals surface area contributed by atoms with E-state index >= 15 is 0 Å². The van der Waals surface area contributed by atoms with Crippen molar-refractivity contribution in [2.24, 2.45) is 12.8 Å². The van der Waals surface area contributed by atoms with Gasteiger partial charge in [-0.15, -0.1) is 0 Å². The first-order valence-electron chi connectivity index (χ1n) is 6.25. The molecule has 1 aromatic carbocycles. The molecule has 0 amide bonds. The van der Waals surface area contributed by atoms with E-state index in [4.69, 9.17) is 5.73 Å². The Balaban J connectivity index is 2.47. The van der Waals surface area contributed by atoms with Crippen LogP contribution in [0.4, 0.5) is 0 Å². The summed E-state index contributed by atoms with van der Waals surface area (Å²) >= 11 is 1.75. The van der Waals surface area contributed by atoms with Crippen molar-refractivity contribution in [3.63, 3.8) is 0 Å². The highest BCUT2D eigenvalue weighted by atomic mass is 32.2. The summed E-state index contributed by atoms with van der Waals surface area (Å²) in [6.45, 7) is 0. The molecule has 7 heteroatoms. The number of rotatable bonds is 5. The molecule has 1 atom stereocenters. The minimum atomic E-state index is -3.22. The zero-order valence-electron chi connectivity index (χ0n) is 11.8. The highest BCUT2D eigenvalue weighted by Crippen LogP contribution is 2.23. The minimum absolute atomic E-state index is 0.137. The van der Waals surface area contributed by atoms with Gasteiger partial charge in [0.15, 0.2) is 9.84 Å². The number of hydrogen-bond acceptors (Lipinski definition) is 5. The van der Waals surface area contributed by atoms with E-state index in [1.165, 1.54) is 6.26 Å². The molecule has 1 aromatic heterocycles. The van der Waals surface area contributed by atoms with Crippen LogP contribution in [-0.4, -0.2) is 36.2 Å². The average Bonchev–Trinajstić information content (AvgIpc) is 2.72. The fourth-order valence-corrected chi connectivity index (χ4v) is 3.27. The third kappa shape index (κ3) is 2.99. The van der Waals surface area contributed by atoms with Crippen molar-refractivity contribution in [2.75, 3.05) is 18.3 Å². The molecule has 0 bridgehead atoms. The molecule has 0 aliphatic heterocycles. The number of sulfone groups is 1. The van der Waals surface area contributed by atoms with Crippen molar-refractivity contribution in [1.29, 1.82) is 0 Å². The van der Waals surface area contributed by atoms with Crippen LogP contribution in [0, 0.1) is 0 Å². The minimum Gasteiger partial charge on any atom is -0.330 e. The molecule has 20 heavy (non-hydrogen) atoms. The Labute approximate surface area is 123 Å². The van der Waals surface area contributed by atoms with Crippen LogP contribution in [0.1, 0.15) is 18.3 Å². The summed E-state index contributed by atoms with van der Waals surface area (Å²) in [5, 5.41) is 0. The molecular formula is C13H19N3O2S2. The molecule has 0 radical (unpaired) electrons. The van der Waals surface area contributed by atoms with E-state index in [9.17, 15) is 8.42 Å². The van der Waals surface area contributed by atoms with Crippen LogP contribution < -0.4 is 5.73 Å². The second-order valence-electron chi connectivity index (χ2n) is 4.84. The summed E-state index contributed by atoms with van der Waals surface area (Å²) < 4.78 is 25.1. The van der Waals surface area contributed by atoms with Gasteiger partial charge >= 0.3 is 0 Å². The summed E-state index contributed by atoms with van der Waals surface area (Å²) in [4.78, 5) is 4.79. The normalized spacial score (nSPS) is 13.8. The van der Waals surface area contributed by atoms with Crippen molar-refractivity contribution in [3.8, 4) is 0 Å². The van der Waals surface area contributed by atoms with Gasteiger partial charge in [-0.1, -0.05) is 0 Å². The molecule has 2 N–H and O–H groups in total. The van der Waals surface area contributed by atoms with Gasteiger partial charge in [0, 0.05) is 13.3 Å². The number of aromatic nitrogens is 2. The van der Waals surface area contributed by atoms with Crippen molar-refractivity contribution in [3.05, 3.63) is 24.0 Å². The quantitative estimate of drug-likeness (QED) is 0.909. The van der Waals surface area contributed by atoms with E-state index in [0.29, 0.717) is 5.52 Å². The number of imidazole rings is 1. The van der Waals surface area contributed by atoms with Crippen LogP contribution in [0.2, 0.25) is 0 Å². The smallest absolute Gasteiger partial charge is 0.175 e. The Morgan fingerprint density at radius 2 is 2.15 bits per heavy atom. The first-order chi connectivity index (χ1) is 9.34. The maximum Gasteiger partial charge on any atom is 0.175 e. The van der Waals surface area contributed by atoms with Gasteiger partial charge in [0.1, 0.15) is 5.82 Å². The number of aryl methyl sites for hydroxylation is 1. The Bertz CT molecular complexity index is 723. The largest absolute Gasteiger partial charge is 0.330 e. The second-order valence-corrected chi connectivity index (χ2v) is 7.84. The van der Waals surface area contributed by atoms with Crippen molar-refractivity contribution < 1.29 is 8.42 Å². The topological polar surface area (TPSA) is 78.0 Å². The number of benzene rings is 1. The van der Waals surface area contributed by atoms with E-state index < -0.39 is 9.84 Å². The fourth-order valence-electron chi connectivity index (χ4n) is 2.13. The Morgan fingerprint density at radius 1 is 1.45 bits per heavy atom. The van der Waals surface area contributed by atoms with E-state index in [1.807, 2.05) is 17.9 Å². The molecule has 0 spiro atoms. The highest BCUT2D eigenvalue weighted by Gasteiger charge is 2.16. The number of hydrogen-bond donors (Lipinski definition) is 1. The van der Waals surface area contributed by atoms with E-state index in [0.717, 1.165) is 23.5 Å². The highest BCUT2D eigenvalue weighted by molar-refractivity contribution is 7.98. The van der Waals surface area contributed by atoms with Crippen molar-refractivity contribution in [2.45, 2.75) is 17.4 Å². The van der Waals surface area contributed by atoms with Crippen LogP contribution in [-0.2, 0) is 16.9 Å². The zero-order valence-corrected chi connectivity index (χ0v) is 13.5. The van der Waals surface area contributed by atoms with E-state index in [2.05, 4.69) is 4.98 Å². The Morgan fingerprint density at radius 3 is 2.75 bits per heavy atom.